The van der Waals surface area contributed by atoms with Crippen molar-refractivity contribution in [3.8, 4) is 34.1 Å². The third-order valence-electron chi connectivity index (χ3n) is 7.46. The second kappa shape index (κ2) is 15.6. The Kier molecular flexibility index (Phi) is 11.4. The molecule has 0 N–H and O–H groups in total. The molecule has 0 unspecified atom stereocenters. The lowest BCUT2D eigenvalue weighted by Crippen LogP contribution is -2.31. The molecule has 4 aromatic carbocycles. The lowest BCUT2D eigenvalue weighted by molar-refractivity contribution is -0.137. The van der Waals surface area contributed by atoms with Crippen molar-refractivity contribution in [3.63, 3.8) is 0 Å². The van der Waals surface area contributed by atoms with Crippen molar-refractivity contribution in [2.75, 3.05) is 32.6 Å². The number of benzene rings is 4. The Hall–Kier alpha value is -5.19. The van der Waals surface area contributed by atoms with Crippen LogP contribution in [0.2, 0.25) is 5.02 Å². The van der Waals surface area contributed by atoms with Crippen LogP contribution in [0.5, 0.6) is 23.0 Å². The largest absolute Gasteiger partial charge is 0.497 e. The number of rotatable bonds is 13. The van der Waals surface area contributed by atoms with Crippen molar-refractivity contribution in [1.82, 2.24) is 15.1 Å². The molecule has 0 aliphatic rings. The van der Waals surface area contributed by atoms with Gasteiger partial charge in [0.1, 0.15) is 39.2 Å². The highest BCUT2D eigenvalue weighted by molar-refractivity contribution is 7.93. The molecule has 0 aliphatic heterocycles. The Morgan fingerprint density at radius 2 is 1.71 bits per heavy atom. The molecular weight excluding hydrogens is 748 g/mol. The van der Waals surface area contributed by atoms with E-state index >= 15 is 4.39 Å². The third kappa shape index (κ3) is 8.30. The number of methoxy groups -OCH3 is 2. The Morgan fingerprint density at radius 3 is 2.37 bits per heavy atom. The van der Waals surface area contributed by atoms with Gasteiger partial charge in [0.25, 0.3) is 10.0 Å². The number of halogens is 5. The highest BCUT2D eigenvalue weighted by Crippen LogP contribution is 2.41. The van der Waals surface area contributed by atoms with Crippen LogP contribution in [-0.4, -0.2) is 57.6 Å². The molecule has 5 aromatic rings. The molecule has 1 heterocycles. The van der Waals surface area contributed by atoms with E-state index < -0.39 is 38.3 Å². The van der Waals surface area contributed by atoms with E-state index in [1.165, 1.54) is 68.4 Å². The number of carbonyl (C=O) groups excluding carboxylic acids is 1. The standard InChI is InChI=1S/C35H29ClF4N4O6S2/c1-43(2)14-13-29(45)25-15-21(24-7-5-6-8-26(24)35(38,39)40)10-12-30(25)50-32-18-28(37)33(17-27(32)36)52(46,47)44(34-42-41-20-51-34)19-22-9-11-23(48-3)16-31(22)49-4/h5-18,20H,19H2,1-4H3. The van der Waals surface area contributed by atoms with Crippen molar-refractivity contribution in [2.45, 2.75) is 17.6 Å². The van der Waals surface area contributed by atoms with Gasteiger partial charge in [0.15, 0.2) is 5.78 Å². The second-order valence-corrected chi connectivity index (χ2v) is 14.2. The molecule has 0 fully saturated rings. The zero-order valence-corrected chi connectivity index (χ0v) is 30.2. The topological polar surface area (TPSA) is 111 Å². The summed E-state index contributed by atoms with van der Waals surface area (Å²) in [6, 6.07) is 15.0. The third-order valence-corrected chi connectivity index (χ3v) is 10.3. The normalized spacial score (nSPS) is 11.8. The maximum absolute atomic E-state index is 15.9. The molecule has 272 valence electrons. The van der Waals surface area contributed by atoms with E-state index in [0.29, 0.717) is 17.1 Å². The number of anilines is 1. The predicted molar refractivity (Wildman–Crippen MR) is 188 cm³/mol. The zero-order valence-electron chi connectivity index (χ0n) is 27.8. The van der Waals surface area contributed by atoms with Crippen molar-refractivity contribution in [1.29, 1.82) is 0 Å². The van der Waals surface area contributed by atoms with Crippen LogP contribution < -0.4 is 18.5 Å². The Labute approximate surface area is 305 Å². The summed E-state index contributed by atoms with van der Waals surface area (Å²) in [5, 5.41) is 7.19. The zero-order chi connectivity index (χ0) is 37.8. The lowest BCUT2D eigenvalue weighted by atomic mass is 9.96. The Bertz CT molecular complexity index is 2230. The van der Waals surface area contributed by atoms with Gasteiger partial charge in [0, 0.05) is 44.1 Å². The molecule has 52 heavy (non-hydrogen) atoms. The predicted octanol–water partition coefficient (Wildman–Crippen LogP) is 8.48. The molecule has 17 heteroatoms. The Morgan fingerprint density at radius 1 is 0.962 bits per heavy atom. The number of ketones is 1. The number of alkyl halides is 3. The number of hydrogen-bond donors (Lipinski definition) is 0. The summed E-state index contributed by atoms with van der Waals surface area (Å²) in [5.74, 6) is -1.70. The van der Waals surface area contributed by atoms with Gasteiger partial charge in [0.05, 0.1) is 36.9 Å². The summed E-state index contributed by atoms with van der Waals surface area (Å²) in [6.07, 6.45) is -2.07. The van der Waals surface area contributed by atoms with Gasteiger partial charge in [0.2, 0.25) is 5.13 Å². The summed E-state index contributed by atoms with van der Waals surface area (Å²) >= 11 is 7.39. The van der Waals surface area contributed by atoms with Gasteiger partial charge in [-0.05, 0) is 47.5 Å². The number of ether oxygens (including phenoxy) is 3. The van der Waals surface area contributed by atoms with Crippen LogP contribution in [-0.2, 0) is 22.7 Å². The van der Waals surface area contributed by atoms with Gasteiger partial charge < -0.3 is 19.1 Å². The molecule has 1 aromatic heterocycles. The molecule has 0 aliphatic carbocycles. The molecule has 0 bridgehead atoms. The Balaban J connectivity index is 1.55. The smallest absolute Gasteiger partial charge is 0.417 e. The number of allylic oxidation sites excluding steroid dienone is 1. The number of nitrogens with zero attached hydrogens (tertiary/aromatic N) is 4. The van der Waals surface area contributed by atoms with Crippen LogP contribution in [0.25, 0.3) is 11.1 Å². The highest BCUT2D eigenvalue weighted by atomic mass is 35.5. The van der Waals surface area contributed by atoms with Gasteiger partial charge in [-0.1, -0.05) is 47.2 Å². The maximum Gasteiger partial charge on any atom is 0.417 e. The number of hydrogen-bond acceptors (Lipinski definition) is 10. The molecule has 10 nitrogen and oxygen atoms in total. The molecule has 0 saturated carbocycles. The first kappa shape index (κ1) is 38.1. The average Bonchev–Trinajstić information content (AvgIpc) is 3.65. The van der Waals surface area contributed by atoms with Crippen molar-refractivity contribution < 1.29 is 45.0 Å². The summed E-state index contributed by atoms with van der Waals surface area (Å²) in [7, 11) is 1.46. The molecule has 0 spiro atoms. The first-order valence-electron chi connectivity index (χ1n) is 15.0. The number of aromatic nitrogens is 2. The summed E-state index contributed by atoms with van der Waals surface area (Å²) < 4.78 is 103. The summed E-state index contributed by atoms with van der Waals surface area (Å²) in [4.78, 5) is 14.1. The van der Waals surface area contributed by atoms with E-state index in [2.05, 4.69) is 10.2 Å². The molecule has 5 rings (SSSR count). The van der Waals surface area contributed by atoms with Crippen molar-refractivity contribution in [2.24, 2.45) is 0 Å². The van der Waals surface area contributed by atoms with E-state index in [-0.39, 0.29) is 44.9 Å². The van der Waals surface area contributed by atoms with E-state index in [0.717, 1.165) is 33.8 Å². The van der Waals surface area contributed by atoms with Gasteiger partial charge in [-0.2, -0.15) is 13.2 Å². The van der Waals surface area contributed by atoms with Crippen LogP contribution >= 0.6 is 22.9 Å². The van der Waals surface area contributed by atoms with E-state index in [1.54, 1.807) is 37.2 Å². The number of sulfonamides is 1. The molecular formula is C35H29ClF4N4O6S2. The average molecular weight is 777 g/mol. The number of carbonyl (C=O) groups is 1. The maximum atomic E-state index is 15.9. The van der Waals surface area contributed by atoms with E-state index in [9.17, 15) is 26.4 Å². The first-order chi connectivity index (χ1) is 24.6. The fraction of sp³-hybridized carbons (Fsp3) is 0.171. The van der Waals surface area contributed by atoms with E-state index in [4.69, 9.17) is 25.8 Å². The van der Waals surface area contributed by atoms with Crippen molar-refractivity contribution >= 4 is 43.9 Å². The van der Waals surface area contributed by atoms with Crippen LogP contribution in [0.4, 0.5) is 22.7 Å². The van der Waals surface area contributed by atoms with Crippen LogP contribution in [0.15, 0.2) is 95.5 Å². The molecule has 0 amide bonds. The van der Waals surface area contributed by atoms with Crippen LogP contribution in [0.3, 0.4) is 0 Å². The fourth-order valence-corrected chi connectivity index (χ4v) is 7.48. The lowest BCUT2D eigenvalue weighted by Gasteiger charge is -2.23. The minimum Gasteiger partial charge on any atom is -0.497 e. The molecule has 0 radical (unpaired) electrons. The van der Waals surface area contributed by atoms with Crippen molar-refractivity contribution in [3.05, 3.63) is 118 Å². The molecule has 0 saturated heterocycles. The van der Waals surface area contributed by atoms with Crippen LogP contribution in [0.1, 0.15) is 21.5 Å². The minimum atomic E-state index is -4.72. The van der Waals surface area contributed by atoms with E-state index in [1.807, 2.05) is 0 Å². The summed E-state index contributed by atoms with van der Waals surface area (Å²) in [5.41, 5.74) is 0.500. The van der Waals surface area contributed by atoms with Gasteiger partial charge in [-0.15, -0.1) is 10.2 Å². The van der Waals surface area contributed by atoms with Gasteiger partial charge in [-0.25, -0.2) is 17.1 Å². The highest BCUT2D eigenvalue weighted by Gasteiger charge is 2.34. The monoisotopic (exact) mass is 776 g/mol. The van der Waals surface area contributed by atoms with Gasteiger partial charge >= 0.3 is 6.18 Å². The SMILES string of the molecule is COc1ccc(CN(c2nncs2)S(=O)(=O)c2cc(Cl)c(Oc3ccc(-c4ccccc4C(F)(F)F)cc3C(=O)C=CN(C)C)cc2F)c(OC)c1. The first-order valence-corrected chi connectivity index (χ1v) is 17.7. The quantitative estimate of drug-likeness (QED) is 0.0661. The summed E-state index contributed by atoms with van der Waals surface area (Å²) in [6.45, 7) is -0.338. The molecule has 0 atom stereocenters. The fourth-order valence-electron chi connectivity index (χ4n) is 4.96. The van der Waals surface area contributed by atoms with Crippen LogP contribution in [0, 0.1) is 5.82 Å². The second-order valence-electron chi connectivity index (χ2n) is 11.1. The minimum absolute atomic E-state index is 0.0610. The van der Waals surface area contributed by atoms with Gasteiger partial charge in [-0.3, -0.25) is 4.79 Å².